The molecule has 0 aliphatic heterocycles. The molecule has 87 heavy (non-hydrogen) atoms. The maximum absolute atomic E-state index is 13.0. The molecule has 0 aromatic rings. The Bertz CT molecular complexity index is 1690. The largest absolute Gasteiger partial charge is 0.472 e. The van der Waals surface area contributed by atoms with Gasteiger partial charge in [0.1, 0.15) is 19.3 Å². The number of carbonyl (C=O) groups is 4. The molecule has 2 unspecified atom stereocenters. The summed E-state index contributed by atoms with van der Waals surface area (Å²) in [6, 6.07) is 0. The number of phosphoric acid groups is 2. The molecule has 0 amide bonds. The van der Waals surface area contributed by atoms with E-state index in [1.54, 1.807) is 0 Å². The molecular weight excluding hydrogens is 1150 g/mol. The minimum absolute atomic E-state index is 0.107. The summed E-state index contributed by atoms with van der Waals surface area (Å²) in [4.78, 5) is 72.3. The van der Waals surface area contributed by atoms with Gasteiger partial charge in [-0.25, -0.2) is 9.13 Å². The summed E-state index contributed by atoms with van der Waals surface area (Å²) in [5, 5.41) is 10.6. The van der Waals surface area contributed by atoms with Crippen LogP contribution in [0.15, 0.2) is 0 Å². The van der Waals surface area contributed by atoms with Crippen molar-refractivity contribution in [2.45, 2.75) is 368 Å². The van der Waals surface area contributed by atoms with Crippen LogP contribution < -0.4 is 0 Å². The standard InChI is InChI=1S/C68H132O17P2/c1-6-9-12-15-18-21-27-33-37-42-47-52-66(71)79-58-64(85-68(73)54-49-44-39-34-29-26-24-23-25-28-31-35-40-45-50-61(4)5)60-83-87(76,77)81-56-62(69)55-80-86(74,75)82-59-63(57-78-65(70)51-46-41-36-30-20-17-14-11-8-3)84-67(72)53-48-43-38-32-22-19-16-13-10-7-2/h61-64,69H,6-60H2,1-5H3,(H,74,75)(H,76,77)/t62-,63+,64+/m0/s1. The van der Waals surface area contributed by atoms with E-state index in [1.807, 2.05) is 0 Å². The smallest absolute Gasteiger partial charge is 0.462 e. The highest BCUT2D eigenvalue weighted by atomic mass is 31.2. The molecule has 19 heteroatoms. The van der Waals surface area contributed by atoms with Gasteiger partial charge in [0.15, 0.2) is 12.2 Å². The van der Waals surface area contributed by atoms with E-state index in [0.29, 0.717) is 25.7 Å². The van der Waals surface area contributed by atoms with Crippen molar-refractivity contribution >= 4 is 39.5 Å². The zero-order chi connectivity index (χ0) is 64.2. The van der Waals surface area contributed by atoms with Crippen molar-refractivity contribution in [1.29, 1.82) is 0 Å². The molecule has 0 aliphatic carbocycles. The zero-order valence-corrected chi connectivity index (χ0v) is 57.9. The number of hydrogen-bond donors (Lipinski definition) is 3. The quantitative estimate of drug-likeness (QED) is 0.0222. The van der Waals surface area contributed by atoms with Crippen LogP contribution in [0.1, 0.15) is 349 Å². The monoisotopic (exact) mass is 1280 g/mol. The second kappa shape index (κ2) is 61.6. The van der Waals surface area contributed by atoms with Crippen LogP contribution in [0.4, 0.5) is 0 Å². The van der Waals surface area contributed by atoms with Crippen LogP contribution in [0.3, 0.4) is 0 Å². The lowest BCUT2D eigenvalue weighted by molar-refractivity contribution is -0.161. The second-order valence-electron chi connectivity index (χ2n) is 25.0. The van der Waals surface area contributed by atoms with Gasteiger partial charge in [0.25, 0.3) is 0 Å². The molecule has 0 heterocycles. The van der Waals surface area contributed by atoms with Gasteiger partial charge < -0.3 is 33.8 Å². The Morgan fingerprint density at radius 3 is 0.782 bits per heavy atom. The maximum Gasteiger partial charge on any atom is 0.472 e. The highest BCUT2D eigenvalue weighted by Crippen LogP contribution is 2.45. The third kappa shape index (κ3) is 62.6. The summed E-state index contributed by atoms with van der Waals surface area (Å²) in [5.41, 5.74) is 0. The Hall–Kier alpha value is -1.94. The number of hydrogen-bond acceptors (Lipinski definition) is 15. The lowest BCUT2D eigenvalue weighted by Gasteiger charge is -2.21. The normalized spacial score (nSPS) is 14.1. The fraction of sp³-hybridized carbons (Fsp3) is 0.941. The van der Waals surface area contributed by atoms with Crippen LogP contribution >= 0.6 is 15.6 Å². The summed E-state index contributed by atoms with van der Waals surface area (Å²) in [7, 11) is -9.89. The number of esters is 4. The van der Waals surface area contributed by atoms with Crippen molar-refractivity contribution in [2.75, 3.05) is 39.6 Å². The molecule has 17 nitrogen and oxygen atoms in total. The van der Waals surface area contributed by atoms with Crippen molar-refractivity contribution in [1.82, 2.24) is 0 Å². The van der Waals surface area contributed by atoms with Crippen LogP contribution in [-0.2, 0) is 65.4 Å². The van der Waals surface area contributed by atoms with Gasteiger partial charge in [-0.3, -0.25) is 37.3 Å². The van der Waals surface area contributed by atoms with Gasteiger partial charge in [-0.1, -0.05) is 298 Å². The Morgan fingerprint density at radius 2 is 0.529 bits per heavy atom. The molecule has 516 valence electrons. The van der Waals surface area contributed by atoms with E-state index in [9.17, 15) is 43.2 Å². The van der Waals surface area contributed by atoms with E-state index in [4.69, 9.17) is 37.0 Å². The number of carbonyl (C=O) groups excluding carboxylic acids is 4. The van der Waals surface area contributed by atoms with E-state index < -0.39 is 97.5 Å². The molecule has 0 bridgehead atoms. The number of unbranched alkanes of at least 4 members (excludes halogenated alkanes) is 40. The van der Waals surface area contributed by atoms with E-state index in [-0.39, 0.29) is 25.7 Å². The van der Waals surface area contributed by atoms with Gasteiger partial charge in [0, 0.05) is 25.7 Å². The molecule has 0 spiro atoms. The van der Waals surface area contributed by atoms with Crippen LogP contribution in [0.5, 0.6) is 0 Å². The molecule has 0 radical (unpaired) electrons. The minimum Gasteiger partial charge on any atom is -0.462 e. The predicted octanol–water partition coefficient (Wildman–Crippen LogP) is 19.4. The minimum atomic E-state index is -4.95. The van der Waals surface area contributed by atoms with Crippen LogP contribution in [0, 0.1) is 5.92 Å². The SMILES string of the molecule is CCCCCCCCCCCCCC(=O)OC[C@H](COP(=O)(O)OC[C@@H](O)COP(=O)(O)OC[C@@H](COC(=O)CCCCCCCCCCC)OC(=O)CCCCCCCCCCCC)OC(=O)CCCCCCCCCCCCCCCCC(C)C. The van der Waals surface area contributed by atoms with E-state index in [1.165, 1.54) is 173 Å². The van der Waals surface area contributed by atoms with Crippen molar-refractivity contribution in [2.24, 2.45) is 5.92 Å². The molecule has 0 aromatic heterocycles. The summed E-state index contributed by atoms with van der Waals surface area (Å²) in [5.74, 6) is -1.33. The van der Waals surface area contributed by atoms with Crippen molar-refractivity contribution in [3.63, 3.8) is 0 Å². The number of ether oxygens (including phenoxy) is 4. The second-order valence-corrected chi connectivity index (χ2v) is 27.9. The summed E-state index contributed by atoms with van der Waals surface area (Å²) < 4.78 is 68.1. The van der Waals surface area contributed by atoms with E-state index in [0.717, 1.165) is 95.8 Å². The summed E-state index contributed by atoms with van der Waals surface area (Å²) >= 11 is 0. The number of aliphatic hydroxyl groups excluding tert-OH is 1. The first kappa shape index (κ1) is 85.1. The number of aliphatic hydroxyl groups is 1. The summed E-state index contributed by atoms with van der Waals surface area (Å²) in [6.07, 6.45) is 47.1. The van der Waals surface area contributed by atoms with Crippen LogP contribution in [-0.4, -0.2) is 96.7 Å². The number of rotatable bonds is 68. The lowest BCUT2D eigenvalue weighted by atomic mass is 10.0. The van der Waals surface area contributed by atoms with Crippen LogP contribution in [0.25, 0.3) is 0 Å². The fourth-order valence-electron chi connectivity index (χ4n) is 10.3. The first-order chi connectivity index (χ1) is 42.0. The van der Waals surface area contributed by atoms with Crippen LogP contribution in [0.2, 0.25) is 0 Å². The summed E-state index contributed by atoms with van der Waals surface area (Å²) in [6.45, 7) is 7.23. The molecule has 3 N–H and O–H groups in total. The van der Waals surface area contributed by atoms with E-state index in [2.05, 4.69) is 34.6 Å². The Kier molecular flexibility index (Phi) is 60.2. The third-order valence-electron chi connectivity index (χ3n) is 15.8. The third-order valence-corrected chi connectivity index (χ3v) is 17.7. The van der Waals surface area contributed by atoms with Gasteiger partial charge in [-0.15, -0.1) is 0 Å². The highest BCUT2D eigenvalue weighted by Gasteiger charge is 2.30. The van der Waals surface area contributed by atoms with Crippen molar-refractivity contribution < 1.29 is 80.2 Å². The molecule has 5 atom stereocenters. The molecule has 0 aromatic carbocycles. The first-order valence-corrected chi connectivity index (χ1v) is 38.6. The molecule has 0 fully saturated rings. The molecular formula is C68H132O17P2. The Balaban J connectivity index is 5.20. The van der Waals surface area contributed by atoms with Crippen molar-refractivity contribution in [3.8, 4) is 0 Å². The highest BCUT2D eigenvalue weighted by molar-refractivity contribution is 7.47. The molecule has 0 saturated carbocycles. The zero-order valence-electron chi connectivity index (χ0n) is 56.2. The Morgan fingerprint density at radius 1 is 0.310 bits per heavy atom. The van der Waals surface area contributed by atoms with Crippen molar-refractivity contribution in [3.05, 3.63) is 0 Å². The topological polar surface area (TPSA) is 237 Å². The van der Waals surface area contributed by atoms with Gasteiger partial charge in [0.2, 0.25) is 0 Å². The van der Waals surface area contributed by atoms with Gasteiger partial charge in [0.05, 0.1) is 26.4 Å². The number of phosphoric ester groups is 2. The lowest BCUT2D eigenvalue weighted by Crippen LogP contribution is -2.30. The molecule has 0 rings (SSSR count). The van der Waals surface area contributed by atoms with Gasteiger partial charge in [-0.05, 0) is 31.6 Å². The van der Waals surface area contributed by atoms with E-state index >= 15 is 0 Å². The van der Waals surface area contributed by atoms with Gasteiger partial charge >= 0.3 is 39.5 Å². The molecule has 0 aliphatic rings. The maximum atomic E-state index is 13.0. The van der Waals surface area contributed by atoms with Gasteiger partial charge in [-0.2, -0.15) is 0 Å². The Labute approximate surface area is 530 Å². The average molecular weight is 1280 g/mol. The average Bonchev–Trinajstić information content (AvgIpc) is 3.50. The molecule has 0 saturated heterocycles. The fourth-order valence-corrected chi connectivity index (χ4v) is 11.9. The first-order valence-electron chi connectivity index (χ1n) is 35.6. The predicted molar refractivity (Wildman–Crippen MR) is 349 cm³/mol.